The van der Waals surface area contributed by atoms with Crippen molar-refractivity contribution in [1.82, 2.24) is 0 Å². The first kappa shape index (κ1) is 11.5. The highest BCUT2D eigenvalue weighted by atomic mass is 127. The third-order valence-corrected chi connectivity index (χ3v) is 2.98. The molecule has 1 atom stereocenters. The maximum atomic E-state index is 11.0. The van der Waals surface area contributed by atoms with Crippen LogP contribution in [0.5, 0.6) is 0 Å². The molecule has 2 nitrogen and oxygen atoms in total. The van der Waals surface area contributed by atoms with Crippen LogP contribution in [0.2, 0.25) is 0 Å². The van der Waals surface area contributed by atoms with Gasteiger partial charge in [-0.25, -0.2) is 0 Å². The van der Waals surface area contributed by atoms with Crippen LogP contribution in [-0.2, 0) is 4.79 Å². The van der Waals surface area contributed by atoms with Gasteiger partial charge in [0.05, 0.1) is 5.92 Å². The van der Waals surface area contributed by atoms with Crippen molar-refractivity contribution in [2.45, 2.75) is 26.2 Å². The predicted octanol–water partition coefficient (Wildman–Crippen LogP) is 3.18. The molecule has 0 aromatic heterocycles. The molecule has 0 bridgehead atoms. The summed E-state index contributed by atoms with van der Waals surface area (Å²) in [4.78, 5) is 11.0. The fraction of sp³-hybridized carbons (Fsp3) is 0.364. The van der Waals surface area contributed by atoms with E-state index in [1.165, 1.54) is 0 Å². The van der Waals surface area contributed by atoms with E-state index in [-0.39, 0.29) is 5.92 Å². The molecule has 1 N–H and O–H groups in total. The predicted molar refractivity (Wildman–Crippen MR) is 64.6 cm³/mol. The van der Waals surface area contributed by atoms with Gasteiger partial charge in [0, 0.05) is 3.57 Å². The van der Waals surface area contributed by atoms with E-state index in [4.69, 9.17) is 5.11 Å². The first-order valence-corrected chi connectivity index (χ1v) is 5.63. The molecule has 0 aliphatic heterocycles. The largest absolute Gasteiger partial charge is 0.481 e. The van der Waals surface area contributed by atoms with E-state index in [0.29, 0.717) is 6.42 Å². The number of aliphatic carboxylic acids is 1. The van der Waals surface area contributed by atoms with Gasteiger partial charge in [-0.1, -0.05) is 13.0 Å². The Hall–Kier alpha value is -0.580. The summed E-state index contributed by atoms with van der Waals surface area (Å²) in [6.45, 7) is 3.86. The molecule has 1 unspecified atom stereocenters. The Labute approximate surface area is 97.5 Å². The van der Waals surface area contributed by atoms with Crippen molar-refractivity contribution < 1.29 is 9.90 Å². The van der Waals surface area contributed by atoms with Gasteiger partial charge >= 0.3 is 5.97 Å². The summed E-state index contributed by atoms with van der Waals surface area (Å²) < 4.78 is 1.14. The zero-order valence-corrected chi connectivity index (χ0v) is 10.4. The number of hydrogen-bond acceptors (Lipinski definition) is 1. The molecular weight excluding hydrogens is 291 g/mol. The molecule has 0 spiro atoms. The van der Waals surface area contributed by atoms with E-state index in [9.17, 15) is 4.79 Å². The summed E-state index contributed by atoms with van der Waals surface area (Å²) in [5, 5.41) is 9.02. The number of aryl methyl sites for hydroxylation is 1. The lowest BCUT2D eigenvalue weighted by molar-refractivity contribution is -0.138. The lowest BCUT2D eigenvalue weighted by Crippen LogP contribution is -2.11. The topological polar surface area (TPSA) is 37.3 Å². The monoisotopic (exact) mass is 304 g/mol. The van der Waals surface area contributed by atoms with Crippen molar-refractivity contribution >= 4 is 28.6 Å². The number of rotatable bonds is 3. The molecule has 0 radical (unpaired) electrons. The second-order valence-corrected chi connectivity index (χ2v) is 4.55. The third kappa shape index (κ3) is 2.47. The van der Waals surface area contributed by atoms with Crippen molar-refractivity contribution in [3.8, 4) is 0 Å². The lowest BCUT2D eigenvalue weighted by Gasteiger charge is -2.13. The summed E-state index contributed by atoms with van der Waals surface area (Å²) in [6.07, 6.45) is 0.636. The molecule has 1 rings (SSSR count). The molecule has 0 aliphatic rings. The molecule has 0 aliphatic carbocycles. The van der Waals surface area contributed by atoms with Gasteiger partial charge in [0.2, 0.25) is 0 Å². The molecule has 3 heteroatoms. The summed E-state index contributed by atoms with van der Waals surface area (Å²) in [7, 11) is 0. The van der Waals surface area contributed by atoms with Crippen molar-refractivity contribution in [2.24, 2.45) is 0 Å². The number of carboxylic acids is 1. The van der Waals surface area contributed by atoms with Gasteiger partial charge in [0.1, 0.15) is 0 Å². The fourth-order valence-corrected chi connectivity index (χ4v) is 2.20. The summed E-state index contributed by atoms with van der Waals surface area (Å²) >= 11 is 2.23. The van der Waals surface area contributed by atoms with Gasteiger partial charge in [-0.05, 0) is 59.2 Å². The minimum Gasteiger partial charge on any atom is -0.481 e. The van der Waals surface area contributed by atoms with Crippen LogP contribution in [-0.4, -0.2) is 11.1 Å². The third-order valence-electron chi connectivity index (χ3n) is 2.31. The van der Waals surface area contributed by atoms with Gasteiger partial charge in [-0.3, -0.25) is 4.79 Å². The van der Waals surface area contributed by atoms with Crippen LogP contribution in [0.15, 0.2) is 18.2 Å². The fourth-order valence-electron chi connectivity index (χ4n) is 1.56. The maximum Gasteiger partial charge on any atom is 0.310 e. The molecule has 76 valence electrons. The second-order valence-electron chi connectivity index (χ2n) is 3.30. The summed E-state index contributed by atoms with van der Waals surface area (Å²) in [6, 6.07) is 5.88. The molecule has 0 saturated heterocycles. The van der Waals surface area contributed by atoms with E-state index in [1.807, 2.05) is 32.0 Å². The Balaban J connectivity index is 3.10. The van der Waals surface area contributed by atoms with Crippen LogP contribution in [0.4, 0.5) is 0 Å². The first-order valence-electron chi connectivity index (χ1n) is 4.55. The maximum absolute atomic E-state index is 11.0. The number of hydrogen-bond donors (Lipinski definition) is 1. The van der Waals surface area contributed by atoms with Crippen molar-refractivity contribution in [3.63, 3.8) is 0 Å². The zero-order valence-electron chi connectivity index (χ0n) is 8.25. The van der Waals surface area contributed by atoms with Crippen molar-refractivity contribution in [2.75, 3.05) is 0 Å². The highest BCUT2D eigenvalue weighted by Gasteiger charge is 2.18. The van der Waals surface area contributed by atoms with E-state index < -0.39 is 5.97 Å². The Kier molecular flexibility index (Phi) is 3.92. The molecule has 1 aromatic carbocycles. The highest BCUT2D eigenvalue weighted by Crippen LogP contribution is 2.24. The van der Waals surface area contributed by atoms with E-state index >= 15 is 0 Å². The summed E-state index contributed by atoms with van der Waals surface area (Å²) in [5.41, 5.74) is 1.99. The van der Waals surface area contributed by atoms with E-state index in [1.54, 1.807) is 0 Å². The van der Waals surface area contributed by atoms with Gasteiger partial charge in [0.25, 0.3) is 0 Å². The average molecular weight is 304 g/mol. The van der Waals surface area contributed by atoms with Crippen LogP contribution in [0.25, 0.3) is 0 Å². The molecule has 1 aromatic rings. The summed E-state index contributed by atoms with van der Waals surface area (Å²) in [5.74, 6) is -1.11. The first-order chi connectivity index (χ1) is 6.56. The van der Waals surface area contributed by atoms with Crippen LogP contribution in [0, 0.1) is 10.5 Å². The lowest BCUT2D eigenvalue weighted by atomic mass is 9.93. The average Bonchev–Trinajstić information content (AvgIpc) is 2.09. The number of carboxylic acid groups (broad SMARTS) is 1. The molecule has 0 amide bonds. The minimum absolute atomic E-state index is 0.369. The SMILES string of the molecule is CCC(C(=O)O)c1ccc(I)cc1C. The highest BCUT2D eigenvalue weighted by molar-refractivity contribution is 14.1. The van der Waals surface area contributed by atoms with Crippen LogP contribution in [0.1, 0.15) is 30.4 Å². The Bertz CT molecular complexity index is 347. The van der Waals surface area contributed by atoms with Crippen molar-refractivity contribution in [3.05, 3.63) is 32.9 Å². The van der Waals surface area contributed by atoms with Gasteiger partial charge in [0.15, 0.2) is 0 Å². The molecular formula is C11H13IO2. The van der Waals surface area contributed by atoms with Crippen LogP contribution < -0.4 is 0 Å². The standard InChI is InChI=1S/C11H13IO2/c1-3-9(11(13)14)10-5-4-8(12)6-7(10)2/h4-6,9H,3H2,1-2H3,(H,13,14). The van der Waals surface area contributed by atoms with Gasteiger partial charge in [-0.15, -0.1) is 0 Å². The normalized spacial score (nSPS) is 12.5. The molecule has 0 saturated carbocycles. The second kappa shape index (κ2) is 4.77. The minimum atomic E-state index is -0.739. The Morgan fingerprint density at radius 1 is 1.57 bits per heavy atom. The van der Waals surface area contributed by atoms with Gasteiger partial charge < -0.3 is 5.11 Å². The molecule has 14 heavy (non-hydrogen) atoms. The molecule has 0 heterocycles. The number of halogens is 1. The van der Waals surface area contributed by atoms with Crippen molar-refractivity contribution in [1.29, 1.82) is 0 Å². The van der Waals surface area contributed by atoms with Gasteiger partial charge in [-0.2, -0.15) is 0 Å². The zero-order chi connectivity index (χ0) is 10.7. The Morgan fingerprint density at radius 2 is 2.21 bits per heavy atom. The van der Waals surface area contributed by atoms with E-state index in [0.717, 1.165) is 14.7 Å². The smallest absolute Gasteiger partial charge is 0.310 e. The number of carbonyl (C=O) groups is 1. The number of benzene rings is 1. The Morgan fingerprint density at radius 3 is 2.64 bits per heavy atom. The quantitative estimate of drug-likeness (QED) is 0.871. The molecule has 0 fully saturated rings. The van der Waals surface area contributed by atoms with Crippen LogP contribution in [0.3, 0.4) is 0 Å². The van der Waals surface area contributed by atoms with E-state index in [2.05, 4.69) is 22.6 Å². The van der Waals surface area contributed by atoms with Crippen LogP contribution >= 0.6 is 22.6 Å².